The van der Waals surface area contributed by atoms with E-state index in [2.05, 4.69) is 0 Å². The van der Waals surface area contributed by atoms with Crippen LogP contribution in [-0.4, -0.2) is 27.1 Å². The van der Waals surface area contributed by atoms with Gasteiger partial charge < -0.3 is 5.73 Å². The van der Waals surface area contributed by atoms with Crippen LogP contribution in [0, 0.1) is 0 Å². The highest BCUT2D eigenvalue weighted by atomic mass is 32.2. The molecule has 1 atom stereocenters. The third-order valence-corrected chi connectivity index (χ3v) is 3.28. The number of hydrogen-bond acceptors (Lipinski definition) is 3. The zero-order valence-corrected chi connectivity index (χ0v) is 9.55. The van der Waals surface area contributed by atoms with Crippen molar-refractivity contribution in [2.75, 3.05) is 6.26 Å². The summed E-state index contributed by atoms with van der Waals surface area (Å²) in [6.45, 7) is 0. The molecule has 6 heteroatoms. The lowest BCUT2D eigenvalue weighted by atomic mass is 10.1. The largest absolute Gasteiger partial charge is 0.323 e. The standard InChI is InChI=1S/C10H13F2NO2S/c1-16(14,15)8-4-2-7(3-5-8)6-9(13)10(11)12/h2-5,9-10H,6,13H2,1H3. The van der Waals surface area contributed by atoms with E-state index >= 15 is 0 Å². The van der Waals surface area contributed by atoms with E-state index in [9.17, 15) is 17.2 Å². The molecule has 1 rings (SSSR count). The summed E-state index contributed by atoms with van der Waals surface area (Å²) in [5, 5.41) is 0. The maximum Gasteiger partial charge on any atom is 0.253 e. The first kappa shape index (κ1) is 13.1. The molecule has 0 aliphatic rings. The smallest absolute Gasteiger partial charge is 0.253 e. The lowest BCUT2D eigenvalue weighted by Crippen LogP contribution is -2.30. The van der Waals surface area contributed by atoms with Crippen LogP contribution in [0.5, 0.6) is 0 Å². The van der Waals surface area contributed by atoms with Crippen LogP contribution in [-0.2, 0) is 16.3 Å². The predicted octanol–water partition coefficient (Wildman–Crippen LogP) is 1.23. The number of benzene rings is 1. The van der Waals surface area contributed by atoms with E-state index in [1.165, 1.54) is 24.3 Å². The normalized spacial score (nSPS) is 14.1. The Morgan fingerprint density at radius 3 is 2.12 bits per heavy atom. The van der Waals surface area contributed by atoms with Crippen LogP contribution in [0.2, 0.25) is 0 Å². The van der Waals surface area contributed by atoms with E-state index in [-0.39, 0.29) is 11.3 Å². The molecule has 0 spiro atoms. The molecular weight excluding hydrogens is 236 g/mol. The fourth-order valence-corrected chi connectivity index (χ4v) is 1.86. The maximum atomic E-state index is 12.2. The van der Waals surface area contributed by atoms with Crippen molar-refractivity contribution >= 4 is 9.84 Å². The zero-order valence-electron chi connectivity index (χ0n) is 8.73. The monoisotopic (exact) mass is 249 g/mol. The number of rotatable bonds is 4. The minimum Gasteiger partial charge on any atom is -0.323 e. The van der Waals surface area contributed by atoms with E-state index in [4.69, 9.17) is 5.73 Å². The summed E-state index contributed by atoms with van der Waals surface area (Å²) in [6.07, 6.45) is -1.45. The molecule has 0 amide bonds. The summed E-state index contributed by atoms with van der Waals surface area (Å²) in [5.41, 5.74) is 5.80. The number of nitrogens with two attached hydrogens (primary N) is 1. The van der Waals surface area contributed by atoms with E-state index in [1.54, 1.807) is 0 Å². The minimum atomic E-state index is -3.24. The van der Waals surface area contributed by atoms with Crippen molar-refractivity contribution in [2.24, 2.45) is 5.73 Å². The molecule has 2 N–H and O–H groups in total. The average Bonchev–Trinajstić information content (AvgIpc) is 2.17. The van der Waals surface area contributed by atoms with Crippen molar-refractivity contribution in [3.05, 3.63) is 29.8 Å². The summed E-state index contributed by atoms with van der Waals surface area (Å²) in [6, 6.07) is 4.56. The van der Waals surface area contributed by atoms with Crippen LogP contribution < -0.4 is 5.73 Å². The summed E-state index contributed by atoms with van der Waals surface area (Å²) < 4.78 is 46.6. The Balaban J connectivity index is 2.80. The first-order chi connectivity index (χ1) is 7.30. The summed E-state index contributed by atoms with van der Waals surface area (Å²) in [4.78, 5) is 0.168. The molecule has 0 fully saturated rings. The van der Waals surface area contributed by atoms with Crippen LogP contribution in [0.3, 0.4) is 0 Å². The van der Waals surface area contributed by atoms with Gasteiger partial charge in [-0.05, 0) is 24.1 Å². The zero-order chi connectivity index (χ0) is 12.3. The van der Waals surface area contributed by atoms with Gasteiger partial charge >= 0.3 is 0 Å². The highest BCUT2D eigenvalue weighted by molar-refractivity contribution is 7.90. The quantitative estimate of drug-likeness (QED) is 0.873. The van der Waals surface area contributed by atoms with Crippen molar-refractivity contribution in [3.8, 4) is 0 Å². The van der Waals surface area contributed by atoms with Gasteiger partial charge in [0.05, 0.1) is 10.9 Å². The fourth-order valence-electron chi connectivity index (χ4n) is 1.23. The van der Waals surface area contributed by atoms with Crippen molar-refractivity contribution < 1.29 is 17.2 Å². The van der Waals surface area contributed by atoms with E-state index in [1.807, 2.05) is 0 Å². The topological polar surface area (TPSA) is 60.2 Å². The van der Waals surface area contributed by atoms with E-state index < -0.39 is 22.3 Å². The highest BCUT2D eigenvalue weighted by Gasteiger charge is 2.15. The third-order valence-electron chi connectivity index (χ3n) is 2.15. The molecule has 90 valence electrons. The maximum absolute atomic E-state index is 12.2. The fraction of sp³-hybridized carbons (Fsp3) is 0.400. The summed E-state index contributed by atoms with van der Waals surface area (Å²) >= 11 is 0. The first-order valence-corrected chi connectivity index (χ1v) is 6.52. The highest BCUT2D eigenvalue weighted by Crippen LogP contribution is 2.13. The Hall–Kier alpha value is -1.01. The second kappa shape index (κ2) is 4.88. The van der Waals surface area contributed by atoms with Gasteiger partial charge in [0.2, 0.25) is 0 Å². The Bertz CT molecular complexity index is 442. The predicted molar refractivity (Wildman–Crippen MR) is 57.2 cm³/mol. The number of hydrogen-bond donors (Lipinski definition) is 1. The molecule has 1 unspecified atom stereocenters. The van der Waals surface area contributed by atoms with Crippen LogP contribution in [0.15, 0.2) is 29.2 Å². The van der Waals surface area contributed by atoms with Crippen LogP contribution >= 0.6 is 0 Å². The van der Waals surface area contributed by atoms with Gasteiger partial charge in [0.1, 0.15) is 0 Å². The number of sulfone groups is 1. The summed E-state index contributed by atoms with van der Waals surface area (Å²) in [5.74, 6) is 0. The van der Waals surface area contributed by atoms with E-state index in [0.29, 0.717) is 5.56 Å². The van der Waals surface area contributed by atoms with Crippen LogP contribution in [0.4, 0.5) is 8.78 Å². The molecule has 0 bridgehead atoms. The van der Waals surface area contributed by atoms with E-state index in [0.717, 1.165) is 6.26 Å². The molecule has 0 saturated heterocycles. The van der Waals surface area contributed by atoms with Gasteiger partial charge in [-0.1, -0.05) is 12.1 Å². The average molecular weight is 249 g/mol. The van der Waals surface area contributed by atoms with Gasteiger partial charge in [0.15, 0.2) is 9.84 Å². The second-order valence-electron chi connectivity index (χ2n) is 3.62. The van der Waals surface area contributed by atoms with Crippen molar-refractivity contribution in [1.82, 2.24) is 0 Å². The molecule has 0 saturated carbocycles. The molecule has 1 aromatic rings. The van der Waals surface area contributed by atoms with Gasteiger partial charge in [0.25, 0.3) is 6.43 Å². The molecule has 3 nitrogen and oxygen atoms in total. The van der Waals surface area contributed by atoms with Gasteiger partial charge in [0, 0.05) is 6.26 Å². The van der Waals surface area contributed by atoms with Gasteiger partial charge in [-0.3, -0.25) is 0 Å². The Morgan fingerprint density at radius 1 is 1.25 bits per heavy atom. The van der Waals surface area contributed by atoms with Crippen molar-refractivity contribution in [1.29, 1.82) is 0 Å². The van der Waals surface area contributed by atoms with Gasteiger partial charge in [-0.15, -0.1) is 0 Å². The number of alkyl halides is 2. The molecule has 1 aromatic carbocycles. The van der Waals surface area contributed by atoms with Crippen LogP contribution in [0.25, 0.3) is 0 Å². The molecule has 0 aromatic heterocycles. The molecule has 0 heterocycles. The molecule has 0 aliphatic heterocycles. The first-order valence-electron chi connectivity index (χ1n) is 4.63. The Kier molecular flexibility index (Phi) is 3.98. The van der Waals surface area contributed by atoms with Gasteiger partial charge in [-0.2, -0.15) is 0 Å². The van der Waals surface area contributed by atoms with Crippen LogP contribution in [0.1, 0.15) is 5.56 Å². The Labute approximate surface area is 93.2 Å². The summed E-state index contributed by atoms with van der Waals surface area (Å²) in [7, 11) is -3.24. The van der Waals surface area contributed by atoms with Crippen molar-refractivity contribution in [3.63, 3.8) is 0 Å². The molecule has 0 aliphatic carbocycles. The third kappa shape index (κ3) is 3.53. The Morgan fingerprint density at radius 2 is 1.75 bits per heavy atom. The molecular formula is C10H13F2NO2S. The lowest BCUT2D eigenvalue weighted by Gasteiger charge is -2.10. The lowest BCUT2D eigenvalue weighted by molar-refractivity contribution is 0.116. The second-order valence-corrected chi connectivity index (χ2v) is 5.63. The SMILES string of the molecule is CS(=O)(=O)c1ccc(CC(N)C(F)F)cc1. The van der Waals surface area contributed by atoms with Gasteiger partial charge in [-0.25, -0.2) is 17.2 Å². The minimum absolute atomic E-state index is 0.0295. The van der Waals surface area contributed by atoms with Crippen molar-refractivity contribution in [2.45, 2.75) is 23.8 Å². The molecule has 0 radical (unpaired) electrons. The number of halogens is 2. The molecule has 16 heavy (non-hydrogen) atoms.